The number of carbonyl (C=O) groups excluding carboxylic acids is 1. The normalized spacial score (nSPS) is 35.0. The van der Waals surface area contributed by atoms with Crippen molar-refractivity contribution in [1.82, 2.24) is 10.2 Å². The van der Waals surface area contributed by atoms with Crippen LogP contribution in [0, 0.1) is 18.3 Å². The van der Waals surface area contributed by atoms with Crippen molar-refractivity contribution in [2.24, 2.45) is 17.1 Å². The summed E-state index contributed by atoms with van der Waals surface area (Å²) in [6.07, 6.45) is 3.67. The average Bonchev–Trinajstić information content (AvgIpc) is 2.83. The molecule has 0 aromatic carbocycles. The van der Waals surface area contributed by atoms with Crippen molar-refractivity contribution in [2.75, 3.05) is 11.9 Å². The number of ether oxygens (including phenoxy) is 1. The number of aromatic amines is 1. The molecule has 0 spiro atoms. The van der Waals surface area contributed by atoms with E-state index in [0.29, 0.717) is 5.82 Å². The van der Waals surface area contributed by atoms with Crippen LogP contribution in [-0.2, 0) is 9.53 Å². The molecule has 1 saturated heterocycles. The maximum atomic E-state index is 12.7. The number of nitrogens with zero attached hydrogens (tertiary/aromatic N) is 1. The molecule has 1 aromatic rings. The molecule has 3 unspecified atom stereocenters. The van der Waals surface area contributed by atoms with E-state index in [1.165, 1.54) is 0 Å². The molecule has 3 atom stereocenters. The lowest BCUT2D eigenvalue weighted by molar-refractivity contribution is -0.222. The minimum Gasteiger partial charge on any atom is -0.377 e. The molecular weight excluding hydrogens is 256 g/mol. The molecule has 6 heteroatoms. The van der Waals surface area contributed by atoms with Crippen LogP contribution in [0.1, 0.15) is 32.3 Å². The molecule has 1 aliphatic carbocycles. The Balaban J connectivity index is 1.84. The summed E-state index contributed by atoms with van der Waals surface area (Å²) in [5.41, 5.74) is 6.16. The number of nitrogens with two attached hydrogens (primary N) is 1. The third-order valence-corrected chi connectivity index (χ3v) is 5.13. The molecule has 6 nitrogen and oxygen atoms in total. The topological polar surface area (TPSA) is 93.0 Å². The number of aromatic nitrogens is 2. The SMILES string of the molecule is Cc1cn[nH]c1NC(=O)C1(N)C2CCCOC2C1(C)C. The van der Waals surface area contributed by atoms with Gasteiger partial charge in [-0.3, -0.25) is 9.89 Å². The second-order valence-corrected chi connectivity index (χ2v) is 6.51. The third kappa shape index (κ3) is 1.58. The van der Waals surface area contributed by atoms with E-state index in [1.807, 2.05) is 20.8 Å². The average molecular weight is 278 g/mol. The smallest absolute Gasteiger partial charge is 0.246 e. The zero-order valence-corrected chi connectivity index (χ0v) is 12.2. The Morgan fingerprint density at radius 3 is 3.00 bits per heavy atom. The lowest BCUT2D eigenvalue weighted by Gasteiger charge is -2.65. The van der Waals surface area contributed by atoms with Crippen molar-refractivity contribution in [3.8, 4) is 0 Å². The van der Waals surface area contributed by atoms with Crippen molar-refractivity contribution < 1.29 is 9.53 Å². The molecule has 0 radical (unpaired) electrons. The van der Waals surface area contributed by atoms with Crippen LogP contribution < -0.4 is 11.1 Å². The quantitative estimate of drug-likeness (QED) is 0.757. The molecule has 20 heavy (non-hydrogen) atoms. The molecule has 110 valence electrons. The maximum Gasteiger partial charge on any atom is 0.246 e. The van der Waals surface area contributed by atoms with Gasteiger partial charge in [-0.25, -0.2) is 0 Å². The summed E-state index contributed by atoms with van der Waals surface area (Å²) in [5, 5.41) is 9.58. The highest BCUT2D eigenvalue weighted by Gasteiger charge is 2.70. The molecule has 2 fully saturated rings. The second-order valence-electron chi connectivity index (χ2n) is 6.51. The summed E-state index contributed by atoms with van der Waals surface area (Å²) in [6, 6.07) is 0. The van der Waals surface area contributed by atoms with E-state index in [0.717, 1.165) is 25.0 Å². The number of aryl methyl sites for hydroxylation is 1. The van der Waals surface area contributed by atoms with Gasteiger partial charge in [0.25, 0.3) is 0 Å². The fourth-order valence-corrected chi connectivity index (χ4v) is 3.73. The number of hydrogen-bond donors (Lipinski definition) is 3. The first-order chi connectivity index (χ1) is 9.39. The van der Waals surface area contributed by atoms with Gasteiger partial charge >= 0.3 is 0 Å². The fourth-order valence-electron chi connectivity index (χ4n) is 3.73. The molecule has 2 heterocycles. The Hall–Kier alpha value is -1.40. The van der Waals surface area contributed by atoms with Crippen molar-refractivity contribution in [1.29, 1.82) is 0 Å². The first-order valence-corrected chi connectivity index (χ1v) is 7.11. The Labute approximate surface area is 118 Å². The summed E-state index contributed by atoms with van der Waals surface area (Å²) in [5.74, 6) is 0.562. The number of fused-ring (bicyclic) bond motifs is 1. The number of rotatable bonds is 2. The van der Waals surface area contributed by atoms with E-state index in [1.54, 1.807) is 6.20 Å². The van der Waals surface area contributed by atoms with E-state index in [9.17, 15) is 4.79 Å². The van der Waals surface area contributed by atoms with Crippen molar-refractivity contribution in [2.45, 2.75) is 45.3 Å². The monoisotopic (exact) mass is 278 g/mol. The van der Waals surface area contributed by atoms with Crippen molar-refractivity contribution >= 4 is 11.7 Å². The highest BCUT2D eigenvalue weighted by Crippen LogP contribution is 2.57. The van der Waals surface area contributed by atoms with Crippen LogP contribution >= 0.6 is 0 Å². The molecule has 1 saturated carbocycles. The molecule has 2 aliphatic rings. The van der Waals surface area contributed by atoms with Crippen LogP contribution in [0.15, 0.2) is 6.20 Å². The molecular formula is C14H22N4O2. The summed E-state index contributed by atoms with van der Waals surface area (Å²) in [6.45, 7) is 6.68. The first kappa shape index (κ1) is 13.6. The van der Waals surface area contributed by atoms with E-state index in [2.05, 4.69) is 15.5 Å². The molecule has 0 bridgehead atoms. The van der Waals surface area contributed by atoms with Crippen LogP contribution in [-0.4, -0.2) is 34.4 Å². The lowest BCUT2D eigenvalue weighted by atomic mass is 9.46. The van der Waals surface area contributed by atoms with Crippen LogP contribution in [0.3, 0.4) is 0 Å². The van der Waals surface area contributed by atoms with Gasteiger partial charge in [0.2, 0.25) is 5.91 Å². The van der Waals surface area contributed by atoms with Crippen LogP contribution in [0.5, 0.6) is 0 Å². The Kier molecular flexibility index (Phi) is 2.92. The van der Waals surface area contributed by atoms with Gasteiger partial charge in [-0.15, -0.1) is 0 Å². The zero-order chi connectivity index (χ0) is 14.5. The van der Waals surface area contributed by atoms with Gasteiger partial charge in [0.05, 0.1) is 12.3 Å². The lowest BCUT2D eigenvalue weighted by Crippen LogP contribution is -2.81. The number of H-pyrrole nitrogens is 1. The first-order valence-electron chi connectivity index (χ1n) is 7.11. The largest absolute Gasteiger partial charge is 0.377 e. The minimum absolute atomic E-state index is 0.0786. The van der Waals surface area contributed by atoms with Gasteiger partial charge < -0.3 is 15.8 Å². The van der Waals surface area contributed by atoms with Gasteiger partial charge in [0.1, 0.15) is 11.4 Å². The van der Waals surface area contributed by atoms with Crippen LogP contribution in [0.4, 0.5) is 5.82 Å². The Bertz CT molecular complexity index is 539. The molecule has 4 N–H and O–H groups in total. The third-order valence-electron chi connectivity index (χ3n) is 5.13. The maximum absolute atomic E-state index is 12.7. The molecule has 1 aliphatic heterocycles. The fraction of sp³-hybridized carbons (Fsp3) is 0.714. The predicted octanol–water partition coefficient (Wildman–Crippen LogP) is 1.19. The molecule has 1 aromatic heterocycles. The summed E-state index contributed by atoms with van der Waals surface area (Å²) < 4.78 is 5.82. The molecule has 1 amide bonds. The molecule has 3 rings (SSSR count). The number of nitrogens with one attached hydrogen (secondary N) is 2. The van der Waals surface area contributed by atoms with E-state index < -0.39 is 5.54 Å². The van der Waals surface area contributed by atoms with Gasteiger partial charge in [-0.05, 0) is 19.8 Å². The minimum atomic E-state index is -0.893. The van der Waals surface area contributed by atoms with Crippen LogP contribution in [0.25, 0.3) is 0 Å². The van der Waals surface area contributed by atoms with Gasteiger partial charge in [-0.2, -0.15) is 5.10 Å². The summed E-state index contributed by atoms with van der Waals surface area (Å²) in [4.78, 5) is 12.7. The standard InChI is InChI=1S/C14H22N4O2/c1-8-7-16-18-11(8)17-12(19)14(15)9-5-4-6-20-10(9)13(14,2)3/h7,9-10H,4-6,15H2,1-3H3,(H2,16,17,18,19). The number of amides is 1. The van der Waals surface area contributed by atoms with E-state index in [4.69, 9.17) is 10.5 Å². The van der Waals surface area contributed by atoms with Crippen LogP contribution in [0.2, 0.25) is 0 Å². The predicted molar refractivity (Wildman–Crippen MR) is 75.1 cm³/mol. The number of hydrogen-bond acceptors (Lipinski definition) is 4. The number of carbonyl (C=O) groups is 1. The Morgan fingerprint density at radius 2 is 2.35 bits per heavy atom. The van der Waals surface area contributed by atoms with Gasteiger partial charge in [0.15, 0.2) is 0 Å². The van der Waals surface area contributed by atoms with Gasteiger partial charge in [0, 0.05) is 23.5 Å². The Morgan fingerprint density at radius 1 is 1.60 bits per heavy atom. The van der Waals surface area contributed by atoms with Crippen molar-refractivity contribution in [3.05, 3.63) is 11.8 Å². The van der Waals surface area contributed by atoms with E-state index >= 15 is 0 Å². The van der Waals surface area contributed by atoms with Gasteiger partial charge in [-0.1, -0.05) is 13.8 Å². The summed E-state index contributed by atoms with van der Waals surface area (Å²) >= 11 is 0. The van der Waals surface area contributed by atoms with Crippen molar-refractivity contribution in [3.63, 3.8) is 0 Å². The second kappa shape index (κ2) is 4.30. The highest BCUT2D eigenvalue weighted by molar-refractivity contribution is 6.00. The summed E-state index contributed by atoms with van der Waals surface area (Å²) in [7, 11) is 0. The number of anilines is 1. The highest BCUT2D eigenvalue weighted by atomic mass is 16.5. The zero-order valence-electron chi connectivity index (χ0n) is 12.2. The van der Waals surface area contributed by atoms with E-state index in [-0.39, 0.29) is 23.3 Å².